The van der Waals surface area contributed by atoms with Crippen LogP contribution in [0.15, 0.2) is 18.2 Å². The molecule has 0 aliphatic carbocycles. The van der Waals surface area contributed by atoms with E-state index in [-0.39, 0.29) is 17.0 Å². The number of likely N-dealkylation sites (tertiary alicyclic amines) is 1. The molecule has 0 bridgehead atoms. The zero-order chi connectivity index (χ0) is 17.5. The molecule has 1 heterocycles. The van der Waals surface area contributed by atoms with Crippen LogP contribution in [-0.4, -0.2) is 51.7 Å². The molecule has 0 radical (unpaired) electrons. The molecule has 1 aromatic rings. The van der Waals surface area contributed by atoms with E-state index in [1.54, 1.807) is 0 Å². The van der Waals surface area contributed by atoms with Gasteiger partial charge < -0.3 is 19.7 Å². The van der Waals surface area contributed by atoms with Crippen LogP contribution in [0.5, 0.6) is 0 Å². The van der Waals surface area contributed by atoms with Crippen molar-refractivity contribution in [3.05, 3.63) is 29.3 Å². The first kappa shape index (κ1) is 17.9. The SMILES string of the molecule is COC(=O)c1cc(NC(=O)C[NH+]2CCCCC2)cc(C(=O)OC)c1. The number of anilines is 1. The predicted molar refractivity (Wildman–Crippen MR) is 87.2 cm³/mol. The Bertz CT molecular complexity index is 589. The minimum atomic E-state index is -0.585. The number of amides is 1. The number of esters is 2. The molecule has 0 aromatic heterocycles. The molecule has 0 saturated carbocycles. The number of hydrogen-bond acceptors (Lipinski definition) is 5. The maximum Gasteiger partial charge on any atom is 0.337 e. The van der Waals surface area contributed by atoms with E-state index in [9.17, 15) is 14.4 Å². The molecule has 7 nitrogen and oxygen atoms in total. The van der Waals surface area contributed by atoms with Gasteiger partial charge in [-0.05, 0) is 37.5 Å². The van der Waals surface area contributed by atoms with Crippen LogP contribution in [0.3, 0.4) is 0 Å². The van der Waals surface area contributed by atoms with E-state index in [0.717, 1.165) is 25.9 Å². The topological polar surface area (TPSA) is 86.1 Å². The molecule has 24 heavy (non-hydrogen) atoms. The summed E-state index contributed by atoms with van der Waals surface area (Å²) in [7, 11) is 2.51. The van der Waals surface area contributed by atoms with Crippen LogP contribution in [0.4, 0.5) is 5.69 Å². The predicted octanol–water partition coefficient (Wildman–Crippen LogP) is 0.267. The van der Waals surface area contributed by atoms with Gasteiger partial charge in [-0.1, -0.05) is 0 Å². The molecule has 1 saturated heterocycles. The third-order valence-electron chi connectivity index (χ3n) is 4.03. The Labute approximate surface area is 140 Å². The van der Waals surface area contributed by atoms with Gasteiger partial charge in [-0.25, -0.2) is 9.59 Å². The fourth-order valence-electron chi connectivity index (χ4n) is 2.83. The Morgan fingerprint density at radius 3 is 2.00 bits per heavy atom. The van der Waals surface area contributed by atoms with E-state index < -0.39 is 11.9 Å². The number of carbonyl (C=O) groups excluding carboxylic acids is 3. The van der Waals surface area contributed by atoms with Crippen molar-refractivity contribution >= 4 is 23.5 Å². The first-order chi connectivity index (χ1) is 11.5. The molecule has 2 rings (SSSR count). The van der Waals surface area contributed by atoms with Crippen LogP contribution in [-0.2, 0) is 14.3 Å². The van der Waals surface area contributed by atoms with E-state index in [2.05, 4.69) is 14.8 Å². The summed E-state index contributed by atoms with van der Waals surface area (Å²) >= 11 is 0. The molecular formula is C17H23N2O5+. The maximum absolute atomic E-state index is 12.2. The van der Waals surface area contributed by atoms with Gasteiger partial charge in [0.2, 0.25) is 0 Å². The first-order valence-electron chi connectivity index (χ1n) is 7.98. The van der Waals surface area contributed by atoms with Crippen LogP contribution in [0.2, 0.25) is 0 Å². The first-order valence-corrected chi connectivity index (χ1v) is 7.98. The second-order valence-corrected chi connectivity index (χ2v) is 5.82. The number of ether oxygens (including phenoxy) is 2. The highest BCUT2D eigenvalue weighted by molar-refractivity contribution is 5.99. The van der Waals surface area contributed by atoms with Crippen LogP contribution in [0, 0.1) is 0 Å². The van der Waals surface area contributed by atoms with Crippen molar-refractivity contribution in [3.63, 3.8) is 0 Å². The van der Waals surface area contributed by atoms with Gasteiger partial charge in [0, 0.05) is 5.69 Å². The van der Waals surface area contributed by atoms with Crippen molar-refractivity contribution in [3.8, 4) is 0 Å². The van der Waals surface area contributed by atoms with Crippen LogP contribution >= 0.6 is 0 Å². The van der Waals surface area contributed by atoms with Gasteiger partial charge in [0.05, 0.1) is 38.4 Å². The zero-order valence-electron chi connectivity index (χ0n) is 14.0. The van der Waals surface area contributed by atoms with Crippen LogP contribution in [0.25, 0.3) is 0 Å². The highest BCUT2D eigenvalue weighted by atomic mass is 16.5. The number of quaternary nitrogens is 1. The van der Waals surface area contributed by atoms with Gasteiger partial charge in [-0.2, -0.15) is 0 Å². The molecule has 1 aliphatic heterocycles. The van der Waals surface area contributed by atoms with E-state index in [1.807, 2.05) is 0 Å². The number of hydrogen-bond donors (Lipinski definition) is 2. The van der Waals surface area contributed by atoms with Gasteiger partial charge in [-0.3, -0.25) is 4.79 Å². The minimum Gasteiger partial charge on any atom is -0.465 e. The quantitative estimate of drug-likeness (QED) is 0.754. The molecular weight excluding hydrogens is 312 g/mol. The summed E-state index contributed by atoms with van der Waals surface area (Å²) in [5.41, 5.74) is 0.738. The average molecular weight is 335 g/mol. The summed E-state index contributed by atoms with van der Waals surface area (Å²) < 4.78 is 9.36. The fourth-order valence-corrected chi connectivity index (χ4v) is 2.83. The third-order valence-corrected chi connectivity index (χ3v) is 4.03. The van der Waals surface area contributed by atoms with Crippen molar-refractivity contribution in [2.45, 2.75) is 19.3 Å². The molecule has 2 N–H and O–H groups in total. The van der Waals surface area contributed by atoms with Crippen molar-refractivity contribution < 1.29 is 28.8 Å². The monoisotopic (exact) mass is 335 g/mol. The van der Waals surface area contributed by atoms with Gasteiger partial charge >= 0.3 is 11.9 Å². The Morgan fingerprint density at radius 1 is 0.958 bits per heavy atom. The molecule has 1 fully saturated rings. The lowest BCUT2D eigenvalue weighted by molar-refractivity contribution is -0.896. The van der Waals surface area contributed by atoms with E-state index in [0.29, 0.717) is 12.2 Å². The highest BCUT2D eigenvalue weighted by Gasteiger charge is 2.19. The zero-order valence-corrected chi connectivity index (χ0v) is 14.0. The summed E-state index contributed by atoms with van der Waals surface area (Å²) in [6.45, 7) is 2.35. The molecule has 0 unspecified atom stereocenters. The summed E-state index contributed by atoms with van der Waals surface area (Å²) in [4.78, 5) is 36.9. The van der Waals surface area contributed by atoms with E-state index >= 15 is 0 Å². The summed E-state index contributed by atoms with van der Waals surface area (Å²) in [6, 6.07) is 4.35. The Kier molecular flexibility index (Phi) is 6.31. The van der Waals surface area contributed by atoms with E-state index in [4.69, 9.17) is 0 Å². The van der Waals surface area contributed by atoms with E-state index in [1.165, 1.54) is 43.7 Å². The van der Waals surface area contributed by atoms with Crippen LogP contribution < -0.4 is 10.2 Å². The molecule has 130 valence electrons. The van der Waals surface area contributed by atoms with Gasteiger partial charge in [-0.15, -0.1) is 0 Å². The van der Waals surface area contributed by atoms with Gasteiger partial charge in [0.1, 0.15) is 0 Å². The molecule has 1 aliphatic rings. The number of nitrogens with one attached hydrogen (secondary N) is 2. The minimum absolute atomic E-state index is 0.148. The van der Waals surface area contributed by atoms with Gasteiger partial charge in [0.25, 0.3) is 5.91 Å². The summed E-state index contributed by atoms with van der Waals surface area (Å²) in [5.74, 6) is -1.32. The Balaban J connectivity index is 2.13. The number of methoxy groups -OCH3 is 2. The van der Waals surface area contributed by atoms with Crippen molar-refractivity contribution in [2.75, 3.05) is 39.2 Å². The number of rotatable bonds is 5. The lowest BCUT2D eigenvalue weighted by atomic mass is 10.1. The third kappa shape index (κ3) is 4.79. The standard InChI is InChI=1S/C17H22N2O5/c1-23-16(21)12-8-13(17(22)24-2)10-14(9-12)18-15(20)11-19-6-4-3-5-7-19/h8-10H,3-7,11H2,1-2H3,(H,18,20)/p+1. The molecule has 0 atom stereocenters. The van der Waals surface area contributed by atoms with Gasteiger partial charge in [0.15, 0.2) is 6.54 Å². The van der Waals surface area contributed by atoms with Crippen molar-refractivity contribution in [1.29, 1.82) is 0 Å². The molecule has 1 aromatic carbocycles. The maximum atomic E-state index is 12.2. The van der Waals surface area contributed by atoms with Crippen LogP contribution in [0.1, 0.15) is 40.0 Å². The number of piperidine rings is 1. The van der Waals surface area contributed by atoms with Crippen molar-refractivity contribution in [1.82, 2.24) is 0 Å². The largest absolute Gasteiger partial charge is 0.465 e. The molecule has 0 spiro atoms. The Morgan fingerprint density at radius 2 is 1.50 bits per heavy atom. The lowest BCUT2D eigenvalue weighted by Gasteiger charge is -2.22. The second-order valence-electron chi connectivity index (χ2n) is 5.82. The average Bonchev–Trinajstić information content (AvgIpc) is 2.60. The van der Waals surface area contributed by atoms with Crippen molar-refractivity contribution in [2.24, 2.45) is 0 Å². The summed E-state index contributed by atoms with van der Waals surface area (Å²) in [6.07, 6.45) is 3.48. The normalized spacial score (nSPS) is 14.8. The summed E-state index contributed by atoms with van der Waals surface area (Å²) in [5, 5.41) is 2.75. The number of carbonyl (C=O) groups is 3. The lowest BCUT2D eigenvalue weighted by Crippen LogP contribution is -3.13. The number of benzene rings is 1. The fraction of sp³-hybridized carbons (Fsp3) is 0.471. The molecule has 7 heteroatoms. The second kappa shape index (κ2) is 8.44. The molecule has 1 amide bonds. The smallest absolute Gasteiger partial charge is 0.337 e. The highest BCUT2D eigenvalue weighted by Crippen LogP contribution is 2.17. The Hall–Kier alpha value is -2.41.